The topological polar surface area (TPSA) is 53.6 Å². The van der Waals surface area contributed by atoms with Gasteiger partial charge in [0.05, 0.1) is 16.8 Å². The Morgan fingerprint density at radius 1 is 1.30 bits per heavy atom. The van der Waals surface area contributed by atoms with Crippen molar-refractivity contribution in [3.63, 3.8) is 0 Å². The molecule has 3 aromatic rings. The first-order valence-corrected chi connectivity index (χ1v) is 7.42. The molecule has 0 aromatic carbocycles. The van der Waals surface area contributed by atoms with Crippen LogP contribution in [0, 0.1) is 0 Å². The maximum Gasteiger partial charge on any atom is 0.0794 e. The molecule has 102 valence electrons. The Kier molecular flexibility index (Phi) is 3.90. The van der Waals surface area contributed by atoms with Crippen LogP contribution in [-0.2, 0) is 6.54 Å². The fourth-order valence-electron chi connectivity index (χ4n) is 2.11. The Bertz CT molecular complexity index is 646. The van der Waals surface area contributed by atoms with Gasteiger partial charge in [0.1, 0.15) is 0 Å². The van der Waals surface area contributed by atoms with E-state index in [1.165, 1.54) is 16.0 Å². The Labute approximate surface area is 121 Å². The molecule has 3 aromatic heterocycles. The summed E-state index contributed by atoms with van der Waals surface area (Å²) in [5.41, 5.74) is 3.53. The van der Waals surface area contributed by atoms with E-state index in [1.807, 2.05) is 30.7 Å². The molecular formula is C15H16N4S. The molecule has 20 heavy (non-hydrogen) atoms. The van der Waals surface area contributed by atoms with Gasteiger partial charge >= 0.3 is 0 Å². The van der Waals surface area contributed by atoms with Crippen LogP contribution in [0.4, 0.5) is 0 Å². The molecule has 0 amide bonds. The molecule has 0 spiro atoms. The minimum absolute atomic E-state index is 0.282. The Morgan fingerprint density at radius 2 is 2.15 bits per heavy atom. The first kappa shape index (κ1) is 13.0. The third-order valence-electron chi connectivity index (χ3n) is 3.29. The van der Waals surface area contributed by atoms with Gasteiger partial charge in [0.15, 0.2) is 0 Å². The molecule has 1 atom stereocenters. The first-order valence-electron chi connectivity index (χ1n) is 6.54. The van der Waals surface area contributed by atoms with E-state index in [4.69, 9.17) is 0 Å². The summed E-state index contributed by atoms with van der Waals surface area (Å²) in [5.74, 6) is 0. The van der Waals surface area contributed by atoms with E-state index in [1.54, 1.807) is 11.3 Å². The fraction of sp³-hybridized carbons (Fsp3) is 0.200. The molecule has 0 fully saturated rings. The largest absolute Gasteiger partial charge is 0.306 e. The molecule has 0 saturated carbocycles. The molecule has 3 rings (SSSR count). The highest BCUT2D eigenvalue weighted by atomic mass is 32.1. The molecule has 0 saturated heterocycles. The SMILES string of the molecule is C[C@@H](NCc1cn[nH]c1-c1cccs1)c1ccncc1. The molecule has 2 N–H and O–H groups in total. The third-order valence-corrected chi connectivity index (χ3v) is 4.18. The summed E-state index contributed by atoms with van der Waals surface area (Å²) in [5, 5.41) is 12.8. The van der Waals surface area contributed by atoms with Crippen LogP contribution in [0.2, 0.25) is 0 Å². The molecule has 0 unspecified atom stereocenters. The van der Waals surface area contributed by atoms with E-state index in [9.17, 15) is 0 Å². The summed E-state index contributed by atoms with van der Waals surface area (Å²) in [6, 6.07) is 8.51. The number of aromatic amines is 1. The summed E-state index contributed by atoms with van der Waals surface area (Å²) in [7, 11) is 0. The number of hydrogen-bond acceptors (Lipinski definition) is 4. The van der Waals surface area contributed by atoms with Crippen molar-refractivity contribution < 1.29 is 0 Å². The van der Waals surface area contributed by atoms with Gasteiger partial charge in [0, 0.05) is 30.5 Å². The van der Waals surface area contributed by atoms with E-state index in [2.05, 4.69) is 44.9 Å². The summed E-state index contributed by atoms with van der Waals surface area (Å²) < 4.78 is 0. The second kappa shape index (κ2) is 5.98. The number of nitrogens with one attached hydrogen (secondary N) is 2. The zero-order valence-electron chi connectivity index (χ0n) is 11.2. The number of aromatic nitrogens is 3. The molecule has 4 nitrogen and oxygen atoms in total. The van der Waals surface area contributed by atoms with Gasteiger partial charge in [0.25, 0.3) is 0 Å². The van der Waals surface area contributed by atoms with Crippen LogP contribution in [0.1, 0.15) is 24.1 Å². The van der Waals surface area contributed by atoms with E-state index in [-0.39, 0.29) is 6.04 Å². The van der Waals surface area contributed by atoms with E-state index in [0.717, 1.165) is 12.2 Å². The number of H-pyrrole nitrogens is 1. The maximum atomic E-state index is 4.16. The predicted molar refractivity (Wildman–Crippen MR) is 81.4 cm³/mol. The van der Waals surface area contributed by atoms with Crippen molar-refractivity contribution in [2.45, 2.75) is 19.5 Å². The number of thiophene rings is 1. The molecule has 0 aliphatic carbocycles. The highest BCUT2D eigenvalue weighted by molar-refractivity contribution is 7.13. The van der Waals surface area contributed by atoms with Gasteiger partial charge in [-0.15, -0.1) is 11.3 Å². The van der Waals surface area contributed by atoms with Crippen LogP contribution in [0.25, 0.3) is 10.6 Å². The van der Waals surface area contributed by atoms with Crippen molar-refractivity contribution >= 4 is 11.3 Å². The molecular weight excluding hydrogens is 268 g/mol. The third kappa shape index (κ3) is 2.79. The molecule has 0 bridgehead atoms. The van der Waals surface area contributed by atoms with Crippen molar-refractivity contribution in [3.05, 3.63) is 59.4 Å². The summed E-state index contributed by atoms with van der Waals surface area (Å²) >= 11 is 1.72. The average Bonchev–Trinajstić information content (AvgIpc) is 3.16. The predicted octanol–water partition coefficient (Wildman–Crippen LogP) is 3.38. The number of rotatable bonds is 5. The summed E-state index contributed by atoms with van der Waals surface area (Å²) in [6.07, 6.45) is 5.53. The lowest BCUT2D eigenvalue weighted by atomic mass is 10.1. The second-order valence-electron chi connectivity index (χ2n) is 4.63. The van der Waals surface area contributed by atoms with E-state index < -0.39 is 0 Å². The van der Waals surface area contributed by atoms with E-state index >= 15 is 0 Å². The highest BCUT2D eigenvalue weighted by Gasteiger charge is 2.10. The molecule has 5 heteroatoms. The number of nitrogens with zero attached hydrogens (tertiary/aromatic N) is 2. The minimum Gasteiger partial charge on any atom is -0.306 e. The van der Waals surface area contributed by atoms with Crippen LogP contribution >= 0.6 is 11.3 Å². The van der Waals surface area contributed by atoms with Crippen LogP contribution in [0.15, 0.2) is 48.2 Å². The Morgan fingerprint density at radius 3 is 2.90 bits per heavy atom. The van der Waals surface area contributed by atoms with Gasteiger partial charge in [-0.25, -0.2) is 0 Å². The maximum absolute atomic E-state index is 4.16. The van der Waals surface area contributed by atoms with Crippen molar-refractivity contribution in [1.29, 1.82) is 0 Å². The van der Waals surface area contributed by atoms with Crippen molar-refractivity contribution in [3.8, 4) is 10.6 Å². The summed E-state index contributed by atoms with van der Waals surface area (Å²) in [6.45, 7) is 2.94. The lowest BCUT2D eigenvalue weighted by molar-refractivity contribution is 0.575. The Hall–Kier alpha value is -1.98. The molecule has 3 heterocycles. The van der Waals surface area contributed by atoms with Gasteiger partial charge in [-0.2, -0.15) is 5.10 Å². The quantitative estimate of drug-likeness (QED) is 0.755. The molecule has 0 aliphatic heterocycles. The van der Waals surface area contributed by atoms with Crippen molar-refractivity contribution in [2.24, 2.45) is 0 Å². The average molecular weight is 284 g/mol. The van der Waals surface area contributed by atoms with Gasteiger partial charge in [0.2, 0.25) is 0 Å². The van der Waals surface area contributed by atoms with Crippen molar-refractivity contribution in [1.82, 2.24) is 20.5 Å². The summed E-state index contributed by atoms with van der Waals surface area (Å²) in [4.78, 5) is 5.26. The zero-order chi connectivity index (χ0) is 13.8. The fourth-order valence-corrected chi connectivity index (χ4v) is 2.87. The minimum atomic E-state index is 0.282. The van der Waals surface area contributed by atoms with Gasteiger partial charge < -0.3 is 5.32 Å². The molecule has 0 radical (unpaired) electrons. The lowest BCUT2D eigenvalue weighted by Crippen LogP contribution is -2.18. The smallest absolute Gasteiger partial charge is 0.0794 e. The van der Waals surface area contributed by atoms with Crippen LogP contribution in [-0.4, -0.2) is 15.2 Å². The van der Waals surface area contributed by atoms with Crippen LogP contribution in [0.3, 0.4) is 0 Å². The monoisotopic (exact) mass is 284 g/mol. The van der Waals surface area contributed by atoms with Gasteiger partial charge in [-0.3, -0.25) is 10.1 Å². The number of pyridine rings is 1. The van der Waals surface area contributed by atoms with Crippen molar-refractivity contribution in [2.75, 3.05) is 0 Å². The lowest BCUT2D eigenvalue weighted by Gasteiger charge is -2.13. The van der Waals surface area contributed by atoms with Gasteiger partial charge in [-0.1, -0.05) is 6.07 Å². The highest BCUT2D eigenvalue weighted by Crippen LogP contribution is 2.26. The standard InChI is InChI=1S/C15H16N4S/c1-11(12-4-6-16-7-5-12)17-9-13-10-18-19-15(13)14-3-2-8-20-14/h2-8,10-11,17H,9H2,1H3,(H,18,19)/t11-/m1/s1. The number of hydrogen-bond donors (Lipinski definition) is 2. The van der Waals surface area contributed by atoms with Crippen LogP contribution < -0.4 is 5.32 Å². The van der Waals surface area contributed by atoms with E-state index in [0.29, 0.717) is 0 Å². The zero-order valence-corrected chi connectivity index (χ0v) is 12.0. The first-order chi connectivity index (χ1) is 9.84. The second-order valence-corrected chi connectivity index (χ2v) is 5.58. The molecule has 0 aliphatic rings. The van der Waals surface area contributed by atoms with Gasteiger partial charge in [-0.05, 0) is 36.1 Å². The van der Waals surface area contributed by atoms with Crippen LogP contribution in [0.5, 0.6) is 0 Å². The normalized spacial score (nSPS) is 12.4. The Balaban J connectivity index is 1.69.